The summed E-state index contributed by atoms with van der Waals surface area (Å²) in [5.74, 6) is 1.99. The second kappa shape index (κ2) is 4.41. The lowest BCUT2D eigenvalue weighted by Gasteiger charge is -2.50. The predicted octanol–water partition coefficient (Wildman–Crippen LogP) is 2.16. The minimum atomic E-state index is -0.475. The molecule has 0 atom stereocenters. The summed E-state index contributed by atoms with van der Waals surface area (Å²) in [6.07, 6.45) is 9.81. The SMILES string of the molecule is O=S1CC2(CCCN(C3CCCCC3)C2)C1. The van der Waals surface area contributed by atoms with Gasteiger partial charge in [-0.25, -0.2) is 0 Å². The molecule has 1 saturated carbocycles. The first kappa shape index (κ1) is 11.2. The van der Waals surface area contributed by atoms with E-state index in [1.165, 1.54) is 58.0 Å². The van der Waals surface area contributed by atoms with Crippen LogP contribution in [0.2, 0.25) is 0 Å². The minimum absolute atomic E-state index is 0.473. The van der Waals surface area contributed by atoms with Crippen molar-refractivity contribution in [1.29, 1.82) is 0 Å². The molecule has 16 heavy (non-hydrogen) atoms. The van der Waals surface area contributed by atoms with Crippen LogP contribution in [0.15, 0.2) is 0 Å². The van der Waals surface area contributed by atoms with Gasteiger partial charge in [0.25, 0.3) is 0 Å². The van der Waals surface area contributed by atoms with Gasteiger partial charge in [0, 0.05) is 40.3 Å². The van der Waals surface area contributed by atoms with E-state index in [1.807, 2.05) is 0 Å². The minimum Gasteiger partial charge on any atom is -0.300 e. The highest BCUT2D eigenvalue weighted by Gasteiger charge is 2.46. The van der Waals surface area contributed by atoms with Gasteiger partial charge in [0.15, 0.2) is 0 Å². The Labute approximate surface area is 101 Å². The number of piperidine rings is 1. The monoisotopic (exact) mass is 241 g/mol. The van der Waals surface area contributed by atoms with Gasteiger partial charge in [-0.3, -0.25) is 9.11 Å². The molecular weight excluding hydrogens is 218 g/mol. The van der Waals surface area contributed by atoms with Gasteiger partial charge in [-0.2, -0.15) is 0 Å². The smallest absolute Gasteiger partial charge is 0.0312 e. The Kier molecular flexibility index (Phi) is 3.09. The van der Waals surface area contributed by atoms with Gasteiger partial charge in [0.2, 0.25) is 0 Å². The maximum Gasteiger partial charge on any atom is 0.0312 e. The predicted molar refractivity (Wildman–Crippen MR) is 68.0 cm³/mol. The number of hydrogen-bond acceptors (Lipinski definition) is 2. The van der Waals surface area contributed by atoms with Crippen molar-refractivity contribution in [2.24, 2.45) is 5.41 Å². The molecule has 3 rings (SSSR count). The van der Waals surface area contributed by atoms with E-state index in [1.54, 1.807) is 0 Å². The van der Waals surface area contributed by atoms with Crippen LogP contribution in [0.3, 0.4) is 0 Å². The summed E-state index contributed by atoms with van der Waals surface area (Å²) >= 11 is 0. The molecule has 2 saturated heterocycles. The van der Waals surface area contributed by atoms with E-state index in [4.69, 9.17) is 0 Å². The highest BCUT2D eigenvalue weighted by molar-refractivity contribution is 7.86. The molecular formula is C13H23NOS. The fraction of sp³-hybridized carbons (Fsp3) is 1.00. The van der Waals surface area contributed by atoms with Crippen LogP contribution in [0.1, 0.15) is 44.9 Å². The zero-order valence-electron chi connectivity index (χ0n) is 10.1. The summed E-state index contributed by atoms with van der Waals surface area (Å²) in [5.41, 5.74) is 0.473. The third-order valence-electron chi connectivity index (χ3n) is 4.72. The molecule has 0 bridgehead atoms. The third-order valence-corrected chi connectivity index (χ3v) is 6.59. The second-order valence-corrected chi connectivity index (χ2v) is 7.55. The van der Waals surface area contributed by atoms with Crippen LogP contribution >= 0.6 is 0 Å². The van der Waals surface area contributed by atoms with Crippen molar-refractivity contribution in [2.75, 3.05) is 24.6 Å². The van der Waals surface area contributed by atoms with Gasteiger partial charge in [-0.15, -0.1) is 0 Å². The lowest BCUT2D eigenvalue weighted by molar-refractivity contribution is 0.0591. The van der Waals surface area contributed by atoms with Crippen molar-refractivity contribution in [3.8, 4) is 0 Å². The molecule has 0 unspecified atom stereocenters. The van der Waals surface area contributed by atoms with Crippen LogP contribution in [0.4, 0.5) is 0 Å². The van der Waals surface area contributed by atoms with Gasteiger partial charge in [0.05, 0.1) is 0 Å². The van der Waals surface area contributed by atoms with Crippen LogP contribution in [0, 0.1) is 5.41 Å². The Bertz CT molecular complexity index is 278. The second-order valence-electron chi connectivity index (χ2n) is 6.09. The molecule has 2 nitrogen and oxygen atoms in total. The van der Waals surface area contributed by atoms with Gasteiger partial charge in [-0.05, 0) is 32.2 Å². The Morgan fingerprint density at radius 3 is 2.50 bits per heavy atom. The highest BCUT2D eigenvalue weighted by Crippen LogP contribution is 2.40. The van der Waals surface area contributed by atoms with Crippen LogP contribution in [-0.2, 0) is 10.8 Å². The fourth-order valence-electron chi connectivity index (χ4n) is 3.88. The van der Waals surface area contributed by atoms with E-state index in [-0.39, 0.29) is 0 Å². The van der Waals surface area contributed by atoms with E-state index >= 15 is 0 Å². The lowest BCUT2D eigenvalue weighted by atomic mass is 9.81. The number of nitrogens with zero attached hydrogens (tertiary/aromatic N) is 1. The molecule has 3 fully saturated rings. The summed E-state index contributed by atoms with van der Waals surface area (Å²) in [6.45, 7) is 2.56. The van der Waals surface area contributed by atoms with Crippen molar-refractivity contribution >= 4 is 10.8 Å². The van der Waals surface area contributed by atoms with E-state index in [0.29, 0.717) is 5.41 Å². The summed E-state index contributed by atoms with van der Waals surface area (Å²) in [7, 11) is -0.475. The molecule has 0 aromatic heterocycles. The Morgan fingerprint density at radius 1 is 1.06 bits per heavy atom. The molecule has 0 radical (unpaired) electrons. The summed E-state index contributed by atoms with van der Waals surface area (Å²) in [6, 6.07) is 0.861. The summed E-state index contributed by atoms with van der Waals surface area (Å²) in [5, 5.41) is 0. The van der Waals surface area contributed by atoms with E-state index in [9.17, 15) is 4.21 Å². The first-order chi connectivity index (χ1) is 7.77. The van der Waals surface area contributed by atoms with Crippen molar-refractivity contribution in [2.45, 2.75) is 51.0 Å². The average molecular weight is 241 g/mol. The number of likely N-dealkylation sites (tertiary alicyclic amines) is 1. The summed E-state index contributed by atoms with van der Waals surface area (Å²) < 4.78 is 11.3. The van der Waals surface area contributed by atoms with Crippen LogP contribution in [-0.4, -0.2) is 39.7 Å². The molecule has 92 valence electrons. The topological polar surface area (TPSA) is 20.3 Å². The molecule has 0 amide bonds. The first-order valence-corrected chi connectivity index (χ1v) is 8.35. The molecule has 0 N–H and O–H groups in total. The molecule has 0 aromatic carbocycles. The quantitative estimate of drug-likeness (QED) is 0.701. The molecule has 1 aliphatic carbocycles. The first-order valence-electron chi connectivity index (χ1n) is 6.87. The molecule has 0 aromatic rings. The van der Waals surface area contributed by atoms with Crippen LogP contribution in [0.5, 0.6) is 0 Å². The maximum absolute atomic E-state index is 11.3. The Morgan fingerprint density at radius 2 is 1.81 bits per heavy atom. The molecule has 3 heteroatoms. The maximum atomic E-state index is 11.3. The molecule has 1 spiro atoms. The van der Waals surface area contributed by atoms with Crippen molar-refractivity contribution in [1.82, 2.24) is 4.90 Å². The lowest BCUT2D eigenvalue weighted by Crippen LogP contribution is -2.57. The van der Waals surface area contributed by atoms with Gasteiger partial charge >= 0.3 is 0 Å². The van der Waals surface area contributed by atoms with Crippen molar-refractivity contribution in [3.63, 3.8) is 0 Å². The van der Waals surface area contributed by atoms with Crippen LogP contribution in [0.25, 0.3) is 0 Å². The van der Waals surface area contributed by atoms with Crippen molar-refractivity contribution in [3.05, 3.63) is 0 Å². The Hall–Kier alpha value is 0.110. The highest BCUT2D eigenvalue weighted by atomic mass is 32.2. The number of rotatable bonds is 1. The molecule has 2 aliphatic heterocycles. The average Bonchev–Trinajstić information content (AvgIpc) is 2.29. The third kappa shape index (κ3) is 2.08. The van der Waals surface area contributed by atoms with E-state index in [2.05, 4.69) is 4.90 Å². The van der Waals surface area contributed by atoms with Gasteiger partial charge < -0.3 is 0 Å². The molecule has 2 heterocycles. The zero-order valence-corrected chi connectivity index (χ0v) is 10.9. The zero-order chi connectivity index (χ0) is 11.0. The normalized spacial score (nSPS) is 42.1. The van der Waals surface area contributed by atoms with E-state index in [0.717, 1.165) is 17.5 Å². The summed E-state index contributed by atoms with van der Waals surface area (Å²) in [4.78, 5) is 2.74. The molecule has 3 aliphatic rings. The van der Waals surface area contributed by atoms with Crippen LogP contribution < -0.4 is 0 Å². The number of hydrogen-bond donors (Lipinski definition) is 0. The van der Waals surface area contributed by atoms with Gasteiger partial charge in [-0.1, -0.05) is 19.3 Å². The van der Waals surface area contributed by atoms with Gasteiger partial charge in [0.1, 0.15) is 0 Å². The largest absolute Gasteiger partial charge is 0.300 e. The van der Waals surface area contributed by atoms with E-state index < -0.39 is 10.8 Å². The fourth-order valence-corrected chi connectivity index (χ4v) is 5.63. The standard InChI is InChI=1S/C13H23NOS/c15-16-10-13(11-16)7-4-8-14(9-13)12-5-2-1-3-6-12/h12H,1-11H2. The Balaban J connectivity index is 1.61. The van der Waals surface area contributed by atoms with Crippen molar-refractivity contribution < 1.29 is 4.21 Å².